The predicted octanol–water partition coefficient (Wildman–Crippen LogP) is 8.50. The number of hydrogen-bond donors (Lipinski definition) is 2. The lowest BCUT2D eigenvalue weighted by Crippen LogP contribution is -1.76. The fourth-order valence-corrected chi connectivity index (χ4v) is 5.63. The van der Waals surface area contributed by atoms with Gasteiger partial charge in [0.05, 0.1) is 0 Å². The lowest BCUT2D eigenvalue weighted by molar-refractivity contribution is 1.35. The minimum absolute atomic E-state index is 0.941. The number of halogens is 1. The second kappa shape index (κ2) is 7.93. The molecule has 4 heterocycles. The molecule has 4 nitrogen and oxygen atoms in total. The van der Waals surface area contributed by atoms with Gasteiger partial charge in [-0.15, -0.1) is 0 Å². The maximum atomic E-state index is 4.38. The number of aromatic amines is 2. The van der Waals surface area contributed by atoms with Gasteiger partial charge in [-0.25, -0.2) is 9.97 Å². The SMILES string of the molecule is Brc1cc2[nH]c3ncccc3c2c2ccccc12.c1ccc2c(c1)ccc1[nH]c3ncccc3c12. The highest BCUT2D eigenvalue weighted by atomic mass is 79.9. The topological polar surface area (TPSA) is 57.4 Å². The Morgan fingerprint density at radius 2 is 1.09 bits per heavy atom. The number of rotatable bonds is 0. The molecule has 2 N–H and O–H groups in total. The van der Waals surface area contributed by atoms with Crippen molar-refractivity contribution in [2.24, 2.45) is 0 Å². The van der Waals surface area contributed by atoms with Crippen molar-refractivity contribution in [1.82, 2.24) is 19.9 Å². The third-order valence-corrected chi connectivity index (χ3v) is 7.24. The fraction of sp³-hybridized carbons (Fsp3) is 0. The number of benzene rings is 4. The molecule has 166 valence electrons. The third-order valence-electron chi connectivity index (χ3n) is 6.58. The largest absolute Gasteiger partial charge is 0.339 e. The van der Waals surface area contributed by atoms with E-state index in [1.54, 1.807) is 0 Å². The van der Waals surface area contributed by atoms with Crippen LogP contribution in [0, 0.1) is 0 Å². The highest BCUT2D eigenvalue weighted by Gasteiger charge is 2.10. The lowest BCUT2D eigenvalue weighted by Gasteiger charge is -2.02. The van der Waals surface area contributed by atoms with Gasteiger partial charge in [-0.3, -0.25) is 0 Å². The Kier molecular flexibility index (Phi) is 4.57. The summed E-state index contributed by atoms with van der Waals surface area (Å²) in [5.74, 6) is 0. The molecular weight excluding hydrogens is 496 g/mol. The van der Waals surface area contributed by atoms with Gasteiger partial charge in [0.15, 0.2) is 0 Å². The van der Waals surface area contributed by atoms with Crippen LogP contribution in [0.3, 0.4) is 0 Å². The van der Waals surface area contributed by atoms with Gasteiger partial charge < -0.3 is 9.97 Å². The first-order valence-electron chi connectivity index (χ1n) is 11.5. The summed E-state index contributed by atoms with van der Waals surface area (Å²) in [5.41, 5.74) is 4.17. The average molecular weight is 515 g/mol. The molecule has 8 rings (SSSR count). The Hall–Kier alpha value is -4.22. The molecule has 0 bridgehead atoms. The zero-order valence-electron chi connectivity index (χ0n) is 18.6. The van der Waals surface area contributed by atoms with Crippen molar-refractivity contribution in [1.29, 1.82) is 0 Å². The van der Waals surface area contributed by atoms with Crippen molar-refractivity contribution < 1.29 is 0 Å². The quantitative estimate of drug-likeness (QED) is 0.213. The van der Waals surface area contributed by atoms with E-state index in [9.17, 15) is 0 Å². The van der Waals surface area contributed by atoms with Crippen LogP contribution in [0.2, 0.25) is 0 Å². The Balaban J connectivity index is 0.000000120. The van der Waals surface area contributed by atoms with Crippen LogP contribution in [-0.4, -0.2) is 19.9 Å². The zero-order valence-corrected chi connectivity index (χ0v) is 20.2. The molecule has 35 heavy (non-hydrogen) atoms. The number of nitrogens with one attached hydrogen (secondary N) is 2. The first-order chi connectivity index (χ1) is 17.3. The van der Waals surface area contributed by atoms with Crippen LogP contribution >= 0.6 is 15.9 Å². The number of hydrogen-bond acceptors (Lipinski definition) is 2. The van der Waals surface area contributed by atoms with Gasteiger partial charge in [0.25, 0.3) is 0 Å². The molecule has 8 aromatic rings. The Morgan fingerprint density at radius 3 is 1.83 bits per heavy atom. The highest BCUT2D eigenvalue weighted by molar-refractivity contribution is 9.10. The molecule has 5 heteroatoms. The number of nitrogens with zero attached hydrogens (tertiary/aromatic N) is 2. The summed E-state index contributed by atoms with van der Waals surface area (Å²) < 4.78 is 1.11. The van der Waals surface area contributed by atoms with Gasteiger partial charge in [-0.2, -0.15) is 0 Å². The van der Waals surface area contributed by atoms with Gasteiger partial charge in [0.2, 0.25) is 0 Å². The van der Waals surface area contributed by atoms with Crippen LogP contribution in [0.4, 0.5) is 0 Å². The van der Waals surface area contributed by atoms with Crippen molar-refractivity contribution in [2.45, 2.75) is 0 Å². The van der Waals surface area contributed by atoms with Crippen molar-refractivity contribution in [2.75, 3.05) is 0 Å². The molecule has 0 unspecified atom stereocenters. The second-order valence-corrected chi connectivity index (χ2v) is 9.44. The van der Waals surface area contributed by atoms with E-state index in [0.29, 0.717) is 0 Å². The molecule has 0 atom stereocenters. The van der Waals surface area contributed by atoms with E-state index < -0.39 is 0 Å². The summed E-state index contributed by atoms with van der Waals surface area (Å²) >= 11 is 3.63. The first-order valence-corrected chi connectivity index (χ1v) is 12.2. The van der Waals surface area contributed by atoms with Crippen molar-refractivity contribution in [3.63, 3.8) is 0 Å². The van der Waals surface area contributed by atoms with E-state index in [1.165, 1.54) is 43.1 Å². The smallest absolute Gasteiger partial charge is 0.138 e. The summed E-state index contributed by atoms with van der Waals surface area (Å²) in [7, 11) is 0. The Labute approximate surface area is 208 Å². The lowest BCUT2D eigenvalue weighted by atomic mass is 10.0. The number of pyridine rings is 2. The first kappa shape index (κ1) is 20.2. The average Bonchev–Trinajstić information content (AvgIpc) is 3.47. The molecule has 4 aromatic heterocycles. The van der Waals surface area contributed by atoms with Crippen molar-refractivity contribution >= 4 is 81.3 Å². The predicted molar refractivity (Wildman–Crippen MR) is 150 cm³/mol. The standard InChI is InChI=1S/C15H9BrN2.C15H10N2/c16-12-8-13-14(10-5-2-1-4-9(10)12)11-6-3-7-17-15(11)18-13;1-2-5-11-10(4-1)7-8-13-14(11)12-6-3-9-16-15(12)17-13/h1-8H,(H,17,18);1-9H,(H,16,17). The minimum atomic E-state index is 0.941. The minimum Gasteiger partial charge on any atom is -0.339 e. The molecule has 0 fully saturated rings. The van der Waals surface area contributed by atoms with Crippen LogP contribution in [-0.2, 0) is 0 Å². The summed E-state index contributed by atoms with van der Waals surface area (Å²) in [6.45, 7) is 0. The molecule has 0 aliphatic rings. The molecule has 4 aromatic carbocycles. The van der Waals surface area contributed by atoms with Gasteiger partial charge in [0, 0.05) is 49.4 Å². The molecule has 0 spiro atoms. The van der Waals surface area contributed by atoms with Crippen LogP contribution in [0.15, 0.2) is 108 Å². The van der Waals surface area contributed by atoms with E-state index in [4.69, 9.17) is 0 Å². The normalized spacial score (nSPS) is 11.6. The van der Waals surface area contributed by atoms with Crippen LogP contribution in [0.25, 0.3) is 65.4 Å². The van der Waals surface area contributed by atoms with Crippen LogP contribution in [0.1, 0.15) is 0 Å². The summed E-state index contributed by atoms with van der Waals surface area (Å²) in [6.07, 6.45) is 3.63. The van der Waals surface area contributed by atoms with E-state index in [-0.39, 0.29) is 0 Å². The molecule has 0 saturated heterocycles. The molecule has 0 aliphatic heterocycles. The third kappa shape index (κ3) is 3.20. The van der Waals surface area contributed by atoms with Crippen LogP contribution in [0.5, 0.6) is 0 Å². The maximum Gasteiger partial charge on any atom is 0.138 e. The number of aromatic nitrogens is 4. The number of fused-ring (bicyclic) bond motifs is 10. The van der Waals surface area contributed by atoms with E-state index in [2.05, 4.69) is 115 Å². The molecule has 0 saturated carbocycles. The zero-order chi connectivity index (χ0) is 23.4. The molecule has 0 aliphatic carbocycles. The summed E-state index contributed by atoms with van der Waals surface area (Å²) in [5, 5.41) is 9.92. The summed E-state index contributed by atoms with van der Waals surface area (Å²) in [4.78, 5) is 15.5. The van der Waals surface area contributed by atoms with Crippen LogP contribution < -0.4 is 0 Å². The fourth-order valence-electron chi connectivity index (χ4n) is 5.05. The van der Waals surface area contributed by atoms with E-state index in [0.717, 1.165) is 26.8 Å². The van der Waals surface area contributed by atoms with E-state index >= 15 is 0 Å². The van der Waals surface area contributed by atoms with Gasteiger partial charge in [-0.05, 0) is 57.9 Å². The maximum absolute atomic E-state index is 4.38. The monoisotopic (exact) mass is 514 g/mol. The van der Waals surface area contributed by atoms with Gasteiger partial charge >= 0.3 is 0 Å². The second-order valence-electron chi connectivity index (χ2n) is 8.58. The number of H-pyrrole nitrogens is 2. The molecule has 0 radical (unpaired) electrons. The van der Waals surface area contributed by atoms with Gasteiger partial charge in [0.1, 0.15) is 11.3 Å². The van der Waals surface area contributed by atoms with Crippen molar-refractivity contribution in [3.05, 3.63) is 108 Å². The molecule has 0 amide bonds. The summed E-state index contributed by atoms with van der Waals surface area (Å²) in [6, 6.07) is 31.5. The highest BCUT2D eigenvalue weighted by Crippen LogP contribution is 2.35. The van der Waals surface area contributed by atoms with E-state index in [1.807, 2.05) is 24.5 Å². The van der Waals surface area contributed by atoms with Gasteiger partial charge in [-0.1, -0.05) is 70.5 Å². The Bertz CT molecular complexity index is 2030. The Morgan fingerprint density at radius 1 is 0.514 bits per heavy atom. The molecular formula is C30H19BrN4. The van der Waals surface area contributed by atoms with Crippen molar-refractivity contribution in [3.8, 4) is 0 Å².